The van der Waals surface area contributed by atoms with Crippen LogP contribution in [0.2, 0.25) is 0 Å². The minimum Gasteiger partial charge on any atom is -0.461 e. The summed E-state index contributed by atoms with van der Waals surface area (Å²) < 4.78 is 20.4. The predicted molar refractivity (Wildman–Crippen MR) is 156 cm³/mol. The number of anilines is 1. The second kappa shape index (κ2) is 12.7. The second-order valence-electron chi connectivity index (χ2n) is 10.2. The molecule has 3 N–H and O–H groups in total. The number of esters is 1. The summed E-state index contributed by atoms with van der Waals surface area (Å²) in [6.45, 7) is 0.530. The fourth-order valence-electron chi connectivity index (χ4n) is 5.16. The molecule has 0 aliphatic heterocycles. The van der Waals surface area contributed by atoms with Crippen molar-refractivity contribution in [1.29, 1.82) is 0 Å². The lowest BCUT2D eigenvalue weighted by Gasteiger charge is -2.21. The minimum atomic E-state index is -0.559. The van der Waals surface area contributed by atoms with Crippen LogP contribution in [0.15, 0.2) is 95.8 Å². The van der Waals surface area contributed by atoms with E-state index >= 15 is 0 Å². The number of halogens is 1. The molecule has 0 saturated heterocycles. The summed E-state index contributed by atoms with van der Waals surface area (Å²) in [7, 11) is 0. The zero-order valence-electron chi connectivity index (χ0n) is 22.6. The maximum Gasteiger partial charge on any atom is 0.328 e. The number of nitrogen functional groups attached to an aromatic ring is 1. The number of hydrogen-bond donors (Lipinski definition) is 2. The van der Waals surface area contributed by atoms with Crippen LogP contribution in [0.3, 0.4) is 0 Å². The zero-order valence-corrected chi connectivity index (χ0v) is 22.6. The number of benzene rings is 3. The van der Waals surface area contributed by atoms with Crippen molar-refractivity contribution in [3.63, 3.8) is 0 Å². The molecular formula is C33H32FN3O4. The normalized spacial score (nSPS) is 14.1. The Balaban J connectivity index is 1.28. The number of nitrogens with one attached hydrogen (secondary N) is 1. The molecular weight excluding hydrogens is 521 g/mol. The van der Waals surface area contributed by atoms with Crippen LogP contribution in [0.5, 0.6) is 0 Å². The van der Waals surface area contributed by atoms with Crippen molar-refractivity contribution in [3.05, 3.63) is 129 Å². The summed E-state index contributed by atoms with van der Waals surface area (Å²) in [6.07, 6.45) is 4.62. The average molecular weight is 554 g/mol. The fraction of sp³-hybridized carbons (Fsp3) is 0.242. The Kier molecular flexibility index (Phi) is 8.70. The first-order valence-electron chi connectivity index (χ1n) is 13.8. The highest BCUT2D eigenvalue weighted by molar-refractivity contribution is 6.11. The van der Waals surface area contributed by atoms with E-state index in [2.05, 4.69) is 5.32 Å². The predicted octanol–water partition coefficient (Wildman–Crippen LogP) is 5.15. The molecule has 1 aliphatic carbocycles. The number of ketones is 1. The SMILES string of the molecule is Nc1c(C(=O)c2ccc(F)cc2)ccc(=O)n1-c1ccc(CCN[C@H](C(=O)OC2CCCC2)c2ccccc2)cc1. The van der Waals surface area contributed by atoms with E-state index in [1.807, 2.05) is 42.5 Å². The van der Waals surface area contributed by atoms with Crippen molar-refractivity contribution in [2.24, 2.45) is 0 Å². The summed E-state index contributed by atoms with van der Waals surface area (Å²) >= 11 is 0. The van der Waals surface area contributed by atoms with Crippen LogP contribution in [-0.2, 0) is 16.0 Å². The zero-order chi connectivity index (χ0) is 28.8. The number of ether oxygens (including phenoxy) is 1. The summed E-state index contributed by atoms with van der Waals surface area (Å²) in [5, 5.41) is 3.35. The number of nitrogens with zero attached hydrogens (tertiary/aromatic N) is 1. The van der Waals surface area contributed by atoms with Gasteiger partial charge in [-0.25, -0.2) is 9.18 Å². The van der Waals surface area contributed by atoms with Crippen molar-refractivity contribution < 1.29 is 18.7 Å². The molecule has 3 aromatic carbocycles. The van der Waals surface area contributed by atoms with E-state index in [9.17, 15) is 18.8 Å². The number of rotatable bonds is 10. The largest absolute Gasteiger partial charge is 0.461 e. The Hall–Kier alpha value is -4.56. The molecule has 7 nitrogen and oxygen atoms in total. The van der Waals surface area contributed by atoms with Gasteiger partial charge in [-0.05, 0) is 85.7 Å². The number of carbonyl (C=O) groups is 2. The second-order valence-corrected chi connectivity index (χ2v) is 10.2. The van der Waals surface area contributed by atoms with Gasteiger partial charge >= 0.3 is 5.97 Å². The monoisotopic (exact) mass is 553 g/mol. The highest BCUT2D eigenvalue weighted by Gasteiger charge is 2.26. The van der Waals surface area contributed by atoms with Crippen molar-refractivity contribution >= 4 is 17.6 Å². The van der Waals surface area contributed by atoms with Gasteiger partial charge in [0.15, 0.2) is 5.78 Å². The molecule has 1 aromatic heterocycles. The fourth-order valence-corrected chi connectivity index (χ4v) is 5.16. The molecule has 4 aromatic rings. The molecule has 5 rings (SSSR count). The van der Waals surface area contributed by atoms with E-state index in [0.29, 0.717) is 18.7 Å². The summed E-state index contributed by atoms with van der Waals surface area (Å²) in [6, 6.07) is 24.1. The molecule has 0 spiro atoms. The van der Waals surface area contributed by atoms with Gasteiger partial charge < -0.3 is 15.8 Å². The lowest BCUT2D eigenvalue weighted by Crippen LogP contribution is -2.33. The Morgan fingerprint density at radius 2 is 1.61 bits per heavy atom. The molecule has 41 heavy (non-hydrogen) atoms. The minimum absolute atomic E-state index is 0.00715. The smallest absolute Gasteiger partial charge is 0.328 e. The lowest BCUT2D eigenvalue weighted by molar-refractivity contribution is -0.151. The molecule has 1 saturated carbocycles. The third-order valence-electron chi connectivity index (χ3n) is 7.39. The van der Waals surface area contributed by atoms with Gasteiger partial charge in [0.1, 0.15) is 23.8 Å². The maximum absolute atomic E-state index is 13.3. The van der Waals surface area contributed by atoms with E-state index in [0.717, 1.165) is 36.8 Å². The Morgan fingerprint density at radius 3 is 2.29 bits per heavy atom. The molecule has 0 radical (unpaired) electrons. The molecule has 1 heterocycles. The lowest BCUT2D eigenvalue weighted by atomic mass is 10.0. The first-order valence-corrected chi connectivity index (χ1v) is 13.8. The van der Waals surface area contributed by atoms with Crippen LogP contribution >= 0.6 is 0 Å². The topological polar surface area (TPSA) is 103 Å². The first kappa shape index (κ1) is 28.0. The van der Waals surface area contributed by atoms with Gasteiger partial charge in [0.25, 0.3) is 5.56 Å². The van der Waals surface area contributed by atoms with Crippen LogP contribution in [0.4, 0.5) is 10.2 Å². The summed E-state index contributed by atoms with van der Waals surface area (Å²) in [5.74, 6) is -1.11. The van der Waals surface area contributed by atoms with Gasteiger partial charge in [-0.2, -0.15) is 0 Å². The van der Waals surface area contributed by atoms with E-state index in [4.69, 9.17) is 10.5 Å². The van der Waals surface area contributed by atoms with Crippen LogP contribution in [0, 0.1) is 5.82 Å². The van der Waals surface area contributed by atoms with Gasteiger partial charge in [0.2, 0.25) is 0 Å². The van der Waals surface area contributed by atoms with Crippen molar-refractivity contribution in [2.75, 3.05) is 12.3 Å². The third-order valence-corrected chi connectivity index (χ3v) is 7.39. The number of hydrogen-bond acceptors (Lipinski definition) is 6. The molecule has 210 valence electrons. The van der Waals surface area contributed by atoms with Crippen molar-refractivity contribution in [1.82, 2.24) is 9.88 Å². The molecule has 0 amide bonds. The Labute approximate surface area is 237 Å². The van der Waals surface area contributed by atoms with Crippen LogP contribution < -0.4 is 16.6 Å². The van der Waals surface area contributed by atoms with E-state index in [1.165, 1.54) is 41.0 Å². The highest BCUT2D eigenvalue weighted by Crippen LogP contribution is 2.24. The van der Waals surface area contributed by atoms with Gasteiger partial charge in [0, 0.05) is 18.2 Å². The van der Waals surface area contributed by atoms with Gasteiger partial charge in [-0.3, -0.25) is 14.2 Å². The highest BCUT2D eigenvalue weighted by atomic mass is 19.1. The van der Waals surface area contributed by atoms with E-state index in [1.54, 1.807) is 12.1 Å². The van der Waals surface area contributed by atoms with Gasteiger partial charge in [-0.15, -0.1) is 0 Å². The molecule has 1 atom stereocenters. The van der Waals surface area contributed by atoms with Crippen LogP contribution in [0.25, 0.3) is 5.69 Å². The number of pyridine rings is 1. The Bertz CT molecular complexity index is 1560. The van der Waals surface area contributed by atoms with E-state index < -0.39 is 17.6 Å². The molecule has 8 heteroatoms. The Morgan fingerprint density at radius 1 is 0.927 bits per heavy atom. The van der Waals surface area contributed by atoms with Crippen molar-refractivity contribution in [2.45, 2.75) is 44.2 Å². The van der Waals surface area contributed by atoms with Crippen LogP contribution in [-0.4, -0.2) is 29.0 Å². The molecule has 1 aliphatic rings. The molecule has 0 unspecified atom stereocenters. The number of nitrogens with two attached hydrogens (primary N) is 1. The summed E-state index contributed by atoms with van der Waals surface area (Å²) in [4.78, 5) is 38.7. The first-order chi connectivity index (χ1) is 19.9. The molecule has 0 bridgehead atoms. The third kappa shape index (κ3) is 6.61. The quantitative estimate of drug-likeness (QED) is 0.208. The molecule has 1 fully saturated rings. The average Bonchev–Trinajstić information content (AvgIpc) is 3.50. The number of aromatic nitrogens is 1. The van der Waals surface area contributed by atoms with Crippen molar-refractivity contribution in [3.8, 4) is 5.69 Å². The maximum atomic E-state index is 13.3. The standard InChI is InChI=1S/C33H32FN3O4/c34-25-14-12-24(13-15-25)31(39)28-18-19-29(38)37(32(28)35)26-16-10-22(11-17-26)20-21-36-30(23-6-2-1-3-7-23)33(40)41-27-8-4-5-9-27/h1-3,6-7,10-19,27,30,36H,4-5,8-9,20-21,35H2/t30-/m0/s1. The van der Waals surface area contributed by atoms with Gasteiger partial charge in [-0.1, -0.05) is 42.5 Å². The number of carbonyl (C=O) groups excluding carboxylic acids is 2. The van der Waals surface area contributed by atoms with Gasteiger partial charge in [0.05, 0.1) is 11.3 Å². The van der Waals surface area contributed by atoms with E-state index in [-0.39, 0.29) is 34.6 Å². The summed E-state index contributed by atoms with van der Waals surface area (Å²) in [5.41, 5.74) is 8.70. The van der Waals surface area contributed by atoms with Crippen LogP contribution in [0.1, 0.15) is 58.8 Å².